The zero-order valence-corrected chi connectivity index (χ0v) is 22.0. The first-order valence-corrected chi connectivity index (χ1v) is 11.5. The molecule has 0 aliphatic heterocycles. The molecule has 0 spiro atoms. The van der Waals surface area contributed by atoms with Gasteiger partial charge in [-0.3, -0.25) is 4.79 Å². The molecule has 194 valence electrons. The molecule has 3 rings (SSSR count). The van der Waals surface area contributed by atoms with Crippen molar-refractivity contribution < 1.29 is 28.5 Å². The van der Waals surface area contributed by atoms with Crippen LogP contribution in [0.4, 0.5) is 11.4 Å². The quantitative estimate of drug-likeness (QED) is 0.137. The number of ether oxygens (including phenoxy) is 5. The first kappa shape index (κ1) is 27.3. The molecule has 9 heteroatoms. The van der Waals surface area contributed by atoms with E-state index in [1.165, 1.54) is 26.5 Å². The molecule has 0 unspecified atom stereocenters. The molecule has 0 radical (unpaired) electrons. The van der Waals surface area contributed by atoms with E-state index in [0.717, 1.165) is 11.1 Å². The predicted molar refractivity (Wildman–Crippen MR) is 148 cm³/mol. The highest BCUT2D eigenvalue weighted by molar-refractivity contribution is 6.32. The molecule has 0 aliphatic carbocycles. The van der Waals surface area contributed by atoms with Gasteiger partial charge < -0.3 is 34.7 Å². The molecule has 3 N–H and O–H groups in total. The minimum absolute atomic E-state index is 0.231. The monoisotopic (exact) mass is 524 g/mol. The van der Waals surface area contributed by atoms with Crippen LogP contribution in [0.25, 0.3) is 12.2 Å². The fraction of sp³-hybridized carbons (Fsp3) is 0.179. The Bertz CT molecular complexity index is 1310. The average Bonchev–Trinajstić information content (AvgIpc) is 2.90. The summed E-state index contributed by atoms with van der Waals surface area (Å²) in [5.41, 5.74) is 8.93. The number of methoxy groups -OCH3 is 5. The van der Waals surface area contributed by atoms with Gasteiger partial charge in [-0.05, 0) is 53.6 Å². The molecule has 0 fully saturated rings. The number of carbonyl (C=O) groups excluding carboxylic acids is 1. The van der Waals surface area contributed by atoms with Crippen molar-refractivity contribution in [2.45, 2.75) is 0 Å². The Kier molecular flexibility index (Phi) is 9.29. The smallest absolute Gasteiger partial charge is 0.203 e. The second-order valence-electron chi connectivity index (χ2n) is 7.67. The molecule has 0 saturated carbocycles. The van der Waals surface area contributed by atoms with Crippen LogP contribution in [0.15, 0.2) is 54.7 Å². The third-order valence-corrected chi connectivity index (χ3v) is 5.69. The summed E-state index contributed by atoms with van der Waals surface area (Å²) in [6, 6.07) is 12.2. The van der Waals surface area contributed by atoms with Crippen LogP contribution in [0.3, 0.4) is 0 Å². The molecule has 37 heavy (non-hydrogen) atoms. The number of ketones is 1. The van der Waals surface area contributed by atoms with Gasteiger partial charge in [0.15, 0.2) is 23.0 Å². The summed E-state index contributed by atoms with van der Waals surface area (Å²) in [7, 11) is 7.72. The third kappa shape index (κ3) is 6.48. The lowest BCUT2D eigenvalue weighted by Crippen LogP contribution is -2.00. The highest BCUT2D eigenvalue weighted by Gasteiger charge is 2.13. The van der Waals surface area contributed by atoms with Gasteiger partial charge in [-0.25, -0.2) is 0 Å². The van der Waals surface area contributed by atoms with Crippen molar-refractivity contribution in [2.75, 3.05) is 46.6 Å². The molecular weight excluding hydrogens is 496 g/mol. The van der Waals surface area contributed by atoms with E-state index in [-0.39, 0.29) is 5.78 Å². The zero-order valence-electron chi connectivity index (χ0n) is 21.3. The minimum atomic E-state index is -0.231. The van der Waals surface area contributed by atoms with Crippen LogP contribution in [0, 0.1) is 0 Å². The van der Waals surface area contributed by atoms with Crippen molar-refractivity contribution >= 4 is 40.9 Å². The number of hydrogen-bond acceptors (Lipinski definition) is 8. The van der Waals surface area contributed by atoms with E-state index in [4.69, 9.17) is 41.0 Å². The van der Waals surface area contributed by atoms with Gasteiger partial charge >= 0.3 is 0 Å². The number of halogens is 1. The van der Waals surface area contributed by atoms with Gasteiger partial charge in [-0.15, -0.1) is 0 Å². The number of nitrogens with two attached hydrogens (primary N) is 1. The van der Waals surface area contributed by atoms with Crippen molar-refractivity contribution in [2.24, 2.45) is 0 Å². The lowest BCUT2D eigenvalue weighted by atomic mass is 10.1. The Morgan fingerprint density at radius 3 is 1.92 bits per heavy atom. The molecule has 3 aromatic carbocycles. The van der Waals surface area contributed by atoms with E-state index in [9.17, 15) is 4.79 Å². The Labute approximate surface area is 221 Å². The van der Waals surface area contributed by atoms with Crippen LogP contribution in [0.1, 0.15) is 21.5 Å². The SMILES string of the molecule is COc1ccc(C(=O)/C=C\Nc2cc(/C=C\c3cc(OC)c(OC)c(OC)c3)cc(Cl)c2OC)cc1N. The lowest BCUT2D eigenvalue weighted by Gasteiger charge is -2.13. The summed E-state index contributed by atoms with van der Waals surface area (Å²) in [6.45, 7) is 0. The number of allylic oxidation sites excluding steroid dienone is 1. The van der Waals surface area contributed by atoms with Crippen LogP contribution >= 0.6 is 11.6 Å². The third-order valence-electron chi connectivity index (χ3n) is 5.41. The molecule has 0 saturated heterocycles. The van der Waals surface area contributed by atoms with Gasteiger partial charge in [-0.1, -0.05) is 23.8 Å². The number of nitrogen functional groups attached to an aromatic ring is 1. The zero-order chi connectivity index (χ0) is 26.9. The van der Waals surface area contributed by atoms with E-state index in [2.05, 4.69) is 5.32 Å². The van der Waals surface area contributed by atoms with Gasteiger partial charge in [-0.2, -0.15) is 0 Å². The molecule has 0 aliphatic rings. The van der Waals surface area contributed by atoms with E-state index in [1.807, 2.05) is 30.4 Å². The van der Waals surface area contributed by atoms with E-state index < -0.39 is 0 Å². The van der Waals surface area contributed by atoms with Crippen molar-refractivity contribution in [3.8, 4) is 28.7 Å². The molecule has 0 heterocycles. The van der Waals surface area contributed by atoms with E-state index >= 15 is 0 Å². The topological polar surface area (TPSA) is 101 Å². The summed E-state index contributed by atoms with van der Waals surface area (Å²) in [6.07, 6.45) is 6.68. The van der Waals surface area contributed by atoms with Crippen LogP contribution < -0.4 is 34.7 Å². The second kappa shape index (κ2) is 12.6. The number of benzene rings is 3. The number of anilines is 2. The highest BCUT2D eigenvalue weighted by atomic mass is 35.5. The Balaban J connectivity index is 1.84. The highest BCUT2D eigenvalue weighted by Crippen LogP contribution is 2.39. The second-order valence-corrected chi connectivity index (χ2v) is 8.08. The molecule has 3 aromatic rings. The molecule has 8 nitrogen and oxygen atoms in total. The maximum Gasteiger partial charge on any atom is 0.203 e. The van der Waals surface area contributed by atoms with Gasteiger partial charge in [0.2, 0.25) is 5.75 Å². The fourth-order valence-electron chi connectivity index (χ4n) is 3.61. The van der Waals surface area contributed by atoms with Crippen LogP contribution in [0.5, 0.6) is 28.7 Å². The standard InChI is InChI=1S/C28H29ClN2O6/c1-33-24-9-8-19(16-21(24)30)23(32)10-11-31-22-13-17(12-20(29)27(22)36-4)6-7-18-14-25(34-2)28(37-5)26(15-18)35-3/h6-16,31H,30H2,1-5H3/b7-6-,11-10-. The van der Waals surface area contributed by atoms with Crippen molar-refractivity contribution in [1.82, 2.24) is 0 Å². The average molecular weight is 525 g/mol. The summed E-state index contributed by atoms with van der Waals surface area (Å²) < 4.78 is 26.8. The molecule has 0 aromatic heterocycles. The molecule has 0 bridgehead atoms. The van der Waals surface area contributed by atoms with Crippen LogP contribution in [-0.4, -0.2) is 41.3 Å². The summed E-state index contributed by atoms with van der Waals surface area (Å²) in [5.74, 6) is 2.33. The number of hydrogen-bond donors (Lipinski definition) is 2. The first-order valence-electron chi connectivity index (χ1n) is 11.1. The molecule has 0 amide bonds. The molecular formula is C28H29ClN2O6. The predicted octanol–water partition coefficient (Wildman–Crippen LogP) is 5.94. The van der Waals surface area contributed by atoms with Crippen molar-refractivity contribution in [1.29, 1.82) is 0 Å². The van der Waals surface area contributed by atoms with Crippen LogP contribution in [0.2, 0.25) is 5.02 Å². The van der Waals surface area contributed by atoms with E-state index in [0.29, 0.717) is 50.7 Å². The summed E-state index contributed by atoms with van der Waals surface area (Å²) in [5, 5.41) is 3.48. The Hall–Kier alpha value is -4.30. The van der Waals surface area contributed by atoms with Crippen LogP contribution in [-0.2, 0) is 0 Å². The molecule has 0 atom stereocenters. The Morgan fingerprint density at radius 2 is 1.38 bits per heavy atom. The van der Waals surface area contributed by atoms with Gasteiger partial charge in [0, 0.05) is 17.8 Å². The Morgan fingerprint density at radius 1 is 0.784 bits per heavy atom. The largest absolute Gasteiger partial charge is 0.495 e. The normalized spacial score (nSPS) is 11.0. The first-order chi connectivity index (χ1) is 17.8. The summed E-state index contributed by atoms with van der Waals surface area (Å²) >= 11 is 6.46. The van der Waals surface area contributed by atoms with Crippen molar-refractivity contribution in [3.63, 3.8) is 0 Å². The number of nitrogens with one attached hydrogen (secondary N) is 1. The minimum Gasteiger partial charge on any atom is -0.495 e. The van der Waals surface area contributed by atoms with Gasteiger partial charge in [0.1, 0.15) is 5.75 Å². The van der Waals surface area contributed by atoms with Crippen molar-refractivity contribution in [3.05, 3.63) is 76.5 Å². The van der Waals surface area contributed by atoms with Gasteiger partial charge in [0.25, 0.3) is 0 Å². The fourth-order valence-corrected chi connectivity index (χ4v) is 3.91. The number of rotatable bonds is 11. The maximum atomic E-state index is 12.6. The number of carbonyl (C=O) groups is 1. The summed E-state index contributed by atoms with van der Waals surface area (Å²) in [4.78, 5) is 12.6. The maximum absolute atomic E-state index is 12.6. The van der Waals surface area contributed by atoms with E-state index in [1.54, 1.807) is 45.6 Å². The van der Waals surface area contributed by atoms with Gasteiger partial charge in [0.05, 0.1) is 51.9 Å². The lowest BCUT2D eigenvalue weighted by molar-refractivity contribution is 0.104.